The fraction of sp³-hybridized carbons (Fsp3) is 0.440. The summed E-state index contributed by atoms with van der Waals surface area (Å²) in [5.74, 6) is -0.813. The fourth-order valence-corrected chi connectivity index (χ4v) is 4.83. The van der Waals surface area contributed by atoms with Gasteiger partial charge in [-0.2, -0.15) is 12.7 Å². The summed E-state index contributed by atoms with van der Waals surface area (Å²) in [5, 5.41) is 3.32. The fourth-order valence-electron chi connectivity index (χ4n) is 3.50. The van der Waals surface area contributed by atoms with Gasteiger partial charge in [-0.25, -0.2) is 4.31 Å². The highest BCUT2D eigenvalue weighted by molar-refractivity contribution is 7.90. The molecule has 0 aliphatic carbocycles. The van der Waals surface area contributed by atoms with Gasteiger partial charge in [0.05, 0.1) is 5.69 Å². The number of rotatable bonds is 11. The van der Waals surface area contributed by atoms with Gasteiger partial charge in [0.1, 0.15) is 12.6 Å². The van der Waals surface area contributed by atoms with Crippen molar-refractivity contribution in [3.63, 3.8) is 0 Å². The Balaban J connectivity index is 2.49. The Hall–Kier alpha value is -2.62. The van der Waals surface area contributed by atoms with E-state index >= 15 is 0 Å². The van der Waals surface area contributed by atoms with Crippen molar-refractivity contribution in [3.05, 3.63) is 64.2 Å². The van der Waals surface area contributed by atoms with E-state index in [2.05, 4.69) is 5.32 Å². The molecule has 0 aromatic heterocycles. The molecule has 2 rings (SSSR count). The molecular formula is C25H35ClN4O4S. The number of halogens is 1. The van der Waals surface area contributed by atoms with Gasteiger partial charge in [-0.05, 0) is 62.1 Å². The largest absolute Gasteiger partial charge is 0.354 e. The molecule has 2 amide bonds. The van der Waals surface area contributed by atoms with Gasteiger partial charge in [0.15, 0.2) is 0 Å². The van der Waals surface area contributed by atoms with Crippen molar-refractivity contribution >= 4 is 39.3 Å². The second-order valence-electron chi connectivity index (χ2n) is 8.71. The molecule has 0 aliphatic heterocycles. The molecule has 192 valence electrons. The Morgan fingerprint density at radius 1 is 1.09 bits per heavy atom. The third kappa shape index (κ3) is 7.43. The van der Waals surface area contributed by atoms with Gasteiger partial charge in [0, 0.05) is 32.2 Å². The van der Waals surface area contributed by atoms with Gasteiger partial charge in [-0.15, -0.1) is 0 Å². The summed E-state index contributed by atoms with van der Waals surface area (Å²) in [5.41, 5.74) is 2.72. The third-order valence-corrected chi connectivity index (χ3v) is 7.65. The number of amides is 2. The molecule has 2 aromatic carbocycles. The Labute approximate surface area is 214 Å². The van der Waals surface area contributed by atoms with E-state index in [-0.39, 0.29) is 12.5 Å². The van der Waals surface area contributed by atoms with Gasteiger partial charge in [-0.1, -0.05) is 42.8 Å². The smallest absolute Gasteiger partial charge is 0.304 e. The first-order valence-electron chi connectivity index (χ1n) is 11.5. The van der Waals surface area contributed by atoms with Crippen LogP contribution in [0.15, 0.2) is 42.5 Å². The van der Waals surface area contributed by atoms with Crippen molar-refractivity contribution in [2.75, 3.05) is 31.5 Å². The minimum Gasteiger partial charge on any atom is -0.354 e. The monoisotopic (exact) mass is 522 g/mol. The summed E-state index contributed by atoms with van der Waals surface area (Å²) in [7, 11) is -1.16. The van der Waals surface area contributed by atoms with E-state index in [1.165, 1.54) is 19.0 Å². The van der Waals surface area contributed by atoms with E-state index in [4.69, 9.17) is 11.6 Å². The number of hydrogen-bond donors (Lipinski definition) is 1. The maximum Gasteiger partial charge on any atom is 0.304 e. The third-order valence-electron chi connectivity index (χ3n) is 5.61. The van der Waals surface area contributed by atoms with Crippen LogP contribution in [-0.4, -0.2) is 62.7 Å². The molecule has 0 fully saturated rings. The van der Waals surface area contributed by atoms with Crippen LogP contribution in [0, 0.1) is 13.8 Å². The minimum absolute atomic E-state index is 0.1000. The number of nitrogens with zero attached hydrogens (tertiary/aromatic N) is 3. The zero-order chi connectivity index (χ0) is 26.3. The Kier molecular flexibility index (Phi) is 10.1. The molecule has 0 saturated carbocycles. The summed E-state index contributed by atoms with van der Waals surface area (Å²) >= 11 is 6.13. The Morgan fingerprint density at radius 3 is 2.37 bits per heavy atom. The Bertz CT molecular complexity index is 1150. The van der Waals surface area contributed by atoms with E-state index in [0.717, 1.165) is 26.2 Å². The van der Waals surface area contributed by atoms with Crippen molar-refractivity contribution in [1.82, 2.24) is 14.5 Å². The highest BCUT2D eigenvalue weighted by Crippen LogP contribution is 2.26. The van der Waals surface area contributed by atoms with Gasteiger partial charge in [0.2, 0.25) is 11.8 Å². The molecule has 0 heterocycles. The van der Waals surface area contributed by atoms with Crippen LogP contribution < -0.4 is 9.62 Å². The molecular weight excluding hydrogens is 488 g/mol. The number of hydrogen-bond acceptors (Lipinski definition) is 4. The molecule has 0 radical (unpaired) electrons. The van der Waals surface area contributed by atoms with Gasteiger partial charge in [0.25, 0.3) is 0 Å². The van der Waals surface area contributed by atoms with Crippen molar-refractivity contribution < 1.29 is 18.0 Å². The van der Waals surface area contributed by atoms with Crippen LogP contribution in [0.1, 0.15) is 37.0 Å². The molecule has 1 atom stereocenters. The highest BCUT2D eigenvalue weighted by Gasteiger charge is 2.33. The maximum atomic E-state index is 13.7. The van der Waals surface area contributed by atoms with Crippen molar-refractivity contribution in [3.8, 4) is 0 Å². The van der Waals surface area contributed by atoms with E-state index in [1.807, 2.05) is 32.0 Å². The molecule has 2 aromatic rings. The predicted octanol–water partition coefficient (Wildman–Crippen LogP) is 3.51. The van der Waals surface area contributed by atoms with Crippen LogP contribution in [0.5, 0.6) is 0 Å². The number of carbonyl (C=O) groups is 2. The molecule has 0 aliphatic rings. The quantitative estimate of drug-likeness (QED) is 0.489. The topological polar surface area (TPSA) is 90.0 Å². The van der Waals surface area contributed by atoms with E-state index in [0.29, 0.717) is 22.8 Å². The maximum absolute atomic E-state index is 13.7. The number of anilines is 1. The van der Waals surface area contributed by atoms with Crippen LogP contribution in [0.25, 0.3) is 0 Å². The van der Waals surface area contributed by atoms with Gasteiger partial charge in [-0.3, -0.25) is 9.59 Å². The van der Waals surface area contributed by atoms with Crippen LogP contribution in [-0.2, 0) is 26.3 Å². The molecule has 0 spiro atoms. The standard InChI is InChI=1S/C25H35ClN4O4S/c1-7-13-27-25(32)20(4)29(16-21-9-8-10-22(26)15-21)24(31)17-30(35(33,34)28(5)6)23-14-18(2)11-12-19(23)3/h8-12,14-15,20H,7,13,16-17H2,1-6H3,(H,27,32). The number of aryl methyl sites for hydroxylation is 2. The predicted molar refractivity (Wildman–Crippen MR) is 141 cm³/mol. The second-order valence-corrected chi connectivity index (χ2v) is 11.2. The normalized spacial score (nSPS) is 12.3. The second kappa shape index (κ2) is 12.4. The van der Waals surface area contributed by atoms with Crippen molar-refractivity contribution in [2.45, 2.75) is 46.7 Å². The molecule has 8 nitrogen and oxygen atoms in total. The summed E-state index contributed by atoms with van der Waals surface area (Å²) in [6, 6.07) is 11.6. The highest BCUT2D eigenvalue weighted by atomic mass is 35.5. The number of benzene rings is 2. The Morgan fingerprint density at radius 2 is 1.77 bits per heavy atom. The number of carbonyl (C=O) groups excluding carboxylic acids is 2. The SMILES string of the molecule is CCCNC(=O)C(C)N(Cc1cccc(Cl)c1)C(=O)CN(c1cc(C)ccc1C)S(=O)(=O)N(C)C. The van der Waals surface area contributed by atoms with Crippen molar-refractivity contribution in [1.29, 1.82) is 0 Å². The lowest BCUT2D eigenvalue weighted by Crippen LogP contribution is -2.52. The first kappa shape index (κ1) is 28.6. The van der Waals surface area contributed by atoms with Crippen LogP contribution in [0.2, 0.25) is 5.02 Å². The average molecular weight is 523 g/mol. The molecule has 1 N–H and O–H groups in total. The first-order chi connectivity index (χ1) is 16.4. The van der Waals surface area contributed by atoms with Gasteiger partial charge < -0.3 is 10.2 Å². The lowest BCUT2D eigenvalue weighted by molar-refractivity contribution is -0.139. The molecule has 35 heavy (non-hydrogen) atoms. The molecule has 10 heteroatoms. The summed E-state index contributed by atoms with van der Waals surface area (Å²) in [4.78, 5) is 27.9. The van der Waals surface area contributed by atoms with Crippen LogP contribution >= 0.6 is 11.6 Å². The van der Waals surface area contributed by atoms with Crippen LogP contribution in [0.4, 0.5) is 5.69 Å². The lowest BCUT2D eigenvalue weighted by atomic mass is 10.1. The van der Waals surface area contributed by atoms with E-state index in [9.17, 15) is 18.0 Å². The summed E-state index contributed by atoms with van der Waals surface area (Å²) < 4.78 is 28.7. The zero-order valence-corrected chi connectivity index (χ0v) is 22.8. The lowest BCUT2D eigenvalue weighted by Gasteiger charge is -2.33. The first-order valence-corrected chi connectivity index (χ1v) is 13.2. The van der Waals surface area contributed by atoms with Gasteiger partial charge >= 0.3 is 10.2 Å². The van der Waals surface area contributed by atoms with Crippen LogP contribution in [0.3, 0.4) is 0 Å². The minimum atomic E-state index is -4.00. The number of nitrogens with one attached hydrogen (secondary N) is 1. The molecule has 0 bridgehead atoms. The van der Waals surface area contributed by atoms with E-state index in [1.54, 1.807) is 38.1 Å². The summed E-state index contributed by atoms with van der Waals surface area (Å²) in [6.45, 7) is 7.34. The van der Waals surface area contributed by atoms with E-state index < -0.39 is 28.7 Å². The van der Waals surface area contributed by atoms with Crippen molar-refractivity contribution in [2.24, 2.45) is 0 Å². The zero-order valence-electron chi connectivity index (χ0n) is 21.2. The molecule has 1 unspecified atom stereocenters. The molecule has 0 saturated heterocycles. The average Bonchev–Trinajstić information content (AvgIpc) is 2.80. The summed E-state index contributed by atoms with van der Waals surface area (Å²) in [6.07, 6.45) is 0.752.